The summed E-state index contributed by atoms with van der Waals surface area (Å²) in [6, 6.07) is 6.22. The quantitative estimate of drug-likeness (QED) is 0.890. The van der Waals surface area contributed by atoms with Gasteiger partial charge in [0.2, 0.25) is 0 Å². The Bertz CT molecular complexity index is 361. The smallest absolute Gasteiger partial charge is 0.0506 e. The maximum Gasteiger partial charge on any atom is 0.0506 e. The highest BCUT2D eigenvalue weighted by atomic mass is 35.5. The van der Waals surface area contributed by atoms with Crippen LogP contribution in [0.3, 0.4) is 0 Å². The maximum absolute atomic E-state index is 6.19. The standard InChI is InChI=1S/C14H20ClNO/c1-11-4-5-13(14(15)7-11)9-16-8-12-3-2-6-17-10-12/h4-5,7,12,16H,2-3,6,8-10H2,1H3. The Labute approximate surface area is 108 Å². The third-order valence-corrected chi connectivity index (χ3v) is 3.56. The van der Waals surface area contributed by atoms with Crippen LogP contribution in [0, 0.1) is 12.8 Å². The number of ether oxygens (including phenoxy) is 1. The Morgan fingerprint density at radius 1 is 1.47 bits per heavy atom. The predicted octanol–water partition coefficient (Wildman–Crippen LogP) is 3.16. The van der Waals surface area contributed by atoms with Crippen molar-refractivity contribution in [2.75, 3.05) is 19.8 Å². The van der Waals surface area contributed by atoms with E-state index in [1.54, 1.807) is 0 Å². The highest BCUT2D eigenvalue weighted by Crippen LogP contribution is 2.18. The molecule has 0 aliphatic carbocycles. The molecule has 1 heterocycles. The zero-order chi connectivity index (χ0) is 12.1. The molecule has 17 heavy (non-hydrogen) atoms. The molecular weight excluding hydrogens is 234 g/mol. The normalized spacial score (nSPS) is 20.5. The van der Waals surface area contributed by atoms with Crippen molar-refractivity contribution in [2.24, 2.45) is 5.92 Å². The van der Waals surface area contributed by atoms with Crippen LogP contribution in [0.25, 0.3) is 0 Å². The van der Waals surface area contributed by atoms with Gasteiger partial charge in [-0.05, 0) is 42.9 Å². The third-order valence-electron chi connectivity index (χ3n) is 3.21. The number of hydrogen-bond acceptors (Lipinski definition) is 2. The lowest BCUT2D eigenvalue weighted by Crippen LogP contribution is -2.28. The molecule has 1 aromatic carbocycles. The molecule has 1 aliphatic rings. The van der Waals surface area contributed by atoms with Gasteiger partial charge in [0, 0.05) is 24.7 Å². The third kappa shape index (κ3) is 3.98. The largest absolute Gasteiger partial charge is 0.381 e. The highest BCUT2D eigenvalue weighted by Gasteiger charge is 2.13. The van der Waals surface area contributed by atoms with E-state index in [1.165, 1.54) is 24.0 Å². The van der Waals surface area contributed by atoms with Gasteiger partial charge < -0.3 is 10.1 Å². The molecular formula is C14H20ClNO. The monoisotopic (exact) mass is 253 g/mol. The van der Waals surface area contributed by atoms with Gasteiger partial charge >= 0.3 is 0 Å². The lowest BCUT2D eigenvalue weighted by molar-refractivity contribution is 0.0547. The lowest BCUT2D eigenvalue weighted by atomic mass is 10.0. The molecule has 1 fully saturated rings. The molecule has 2 rings (SSSR count). The fourth-order valence-corrected chi connectivity index (χ4v) is 2.48. The molecule has 1 aliphatic heterocycles. The van der Waals surface area contributed by atoms with Crippen LogP contribution in [0.2, 0.25) is 5.02 Å². The van der Waals surface area contributed by atoms with E-state index < -0.39 is 0 Å². The Hall–Kier alpha value is -0.570. The number of nitrogens with one attached hydrogen (secondary N) is 1. The predicted molar refractivity (Wildman–Crippen MR) is 71.4 cm³/mol. The van der Waals surface area contributed by atoms with Crippen molar-refractivity contribution in [1.82, 2.24) is 5.32 Å². The summed E-state index contributed by atoms with van der Waals surface area (Å²) in [6.07, 6.45) is 2.46. The summed E-state index contributed by atoms with van der Waals surface area (Å²) in [6.45, 7) is 5.75. The van der Waals surface area contributed by atoms with Crippen LogP contribution in [0.5, 0.6) is 0 Å². The fraction of sp³-hybridized carbons (Fsp3) is 0.571. The first-order valence-electron chi connectivity index (χ1n) is 6.29. The second-order valence-electron chi connectivity index (χ2n) is 4.81. The van der Waals surface area contributed by atoms with E-state index in [0.717, 1.165) is 31.3 Å². The molecule has 1 unspecified atom stereocenters. The molecule has 1 atom stereocenters. The molecule has 0 amide bonds. The van der Waals surface area contributed by atoms with E-state index in [-0.39, 0.29) is 0 Å². The van der Waals surface area contributed by atoms with Crippen molar-refractivity contribution in [3.8, 4) is 0 Å². The van der Waals surface area contributed by atoms with Crippen LogP contribution in [-0.2, 0) is 11.3 Å². The van der Waals surface area contributed by atoms with Gasteiger partial charge in [0.25, 0.3) is 0 Å². The number of halogens is 1. The molecule has 1 saturated heterocycles. The van der Waals surface area contributed by atoms with Crippen LogP contribution in [0.1, 0.15) is 24.0 Å². The molecule has 3 heteroatoms. The zero-order valence-electron chi connectivity index (χ0n) is 10.3. The minimum Gasteiger partial charge on any atom is -0.381 e. The molecule has 0 spiro atoms. The van der Waals surface area contributed by atoms with Crippen LogP contribution in [0.15, 0.2) is 18.2 Å². The summed E-state index contributed by atoms with van der Waals surface area (Å²) in [7, 11) is 0. The van der Waals surface area contributed by atoms with Crippen LogP contribution >= 0.6 is 11.6 Å². The van der Waals surface area contributed by atoms with Crippen molar-refractivity contribution >= 4 is 11.6 Å². The molecule has 1 N–H and O–H groups in total. The van der Waals surface area contributed by atoms with Crippen molar-refractivity contribution in [1.29, 1.82) is 0 Å². The van der Waals surface area contributed by atoms with Crippen molar-refractivity contribution in [2.45, 2.75) is 26.3 Å². The van der Waals surface area contributed by atoms with Gasteiger partial charge in [-0.25, -0.2) is 0 Å². The van der Waals surface area contributed by atoms with Crippen molar-refractivity contribution < 1.29 is 4.74 Å². The number of benzene rings is 1. The molecule has 94 valence electrons. The van der Waals surface area contributed by atoms with Gasteiger partial charge in [-0.2, -0.15) is 0 Å². The average molecular weight is 254 g/mol. The summed E-state index contributed by atoms with van der Waals surface area (Å²) >= 11 is 6.19. The first-order valence-corrected chi connectivity index (χ1v) is 6.67. The maximum atomic E-state index is 6.19. The van der Waals surface area contributed by atoms with Gasteiger partial charge in [0.05, 0.1) is 6.61 Å². The SMILES string of the molecule is Cc1ccc(CNCC2CCCOC2)c(Cl)c1. The van der Waals surface area contributed by atoms with E-state index in [2.05, 4.69) is 24.4 Å². The van der Waals surface area contributed by atoms with E-state index in [1.807, 2.05) is 6.07 Å². The fourth-order valence-electron chi connectivity index (χ4n) is 2.18. The Balaban J connectivity index is 1.77. The number of rotatable bonds is 4. The van der Waals surface area contributed by atoms with Gasteiger partial charge in [-0.3, -0.25) is 0 Å². The minimum absolute atomic E-state index is 0.660. The van der Waals surface area contributed by atoms with E-state index in [4.69, 9.17) is 16.3 Å². The second-order valence-corrected chi connectivity index (χ2v) is 5.22. The lowest BCUT2D eigenvalue weighted by Gasteiger charge is -2.22. The molecule has 2 nitrogen and oxygen atoms in total. The Morgan fingerprint density at radius 3 is 3.06 bits per heavy atom. The summed E-state index contributed by atoms with van der Waals surface area (Å²) in [4.78, 5) is 0. The Morgan fingerprint density at radius 2 is 2.35 bits per heavy atom. The number of aryl methyl sites for hydroxylation is 1. The average Bonchev–Trinajstić information content (AvgIpc) is 2.33. The molecule has 0 bridgehead atoms. The van der Waals surface area contributed by atoms with Gasteiger partial charge in [-0.1, -0.05) is 23.7 Å². The second kappa shape index (κ2) is 6.39. The van der Waals surface area contributed by atoms with E-state index in [0.29, 0.717) is 5.92 Å². The molecule has 1 aromatic rings. The van der Waals surface area contributed by atoms with Crippen LogP contribution in [0.4, 0.5) is 0 Å². The first-order chi connectivity index (χ1) is 8.25. The van der Waals surface area contributed by atoms with Gasteiger partial charge in [0.15, 0.2) is 0 Å². The van der Waals surface area contributed by atoms with Gasteiger partial charge in [-0.15, -0.1) is 0 Å². The minimum atomic E-state index is 0.660. The van der Waals surface area contributed by atoms with Crippen LogP contribution < -0.4 is 5.32 Å². The summed E-state index contributed by atoms with van der Waals surface area (Å²) in [5, 5.41) is 4.33. The topological polar surface area (TPSA) is 21.3 Å². The molecule has 0 radical (unpaired) electrons. The van der Waals surface area contributed by atoms with Crippen LogP contribution in [-0.4, -0.2) is 19.8 Å². The van der Waals surface area contributed by atoms with E-state index >= 15 is 0 Å². The molecule has 0 saturated carbocycles. The number of hydrogen-bond donors (Lipinski definition) is 1. The highest BCUT2D eigenvalue weighted by molar-refractivity contribution is 6.31. The zero-order valence-corrected chi connectivity index (χ0v) is 11.1. The summed E-state index contributed by atoms with van der Waals surface area (Å²) < 4.78 is 5.46. The first kappa shape index (κ1) is 12.9. The Kier molecular flexibility index (Phi) is 4.84. The summed E-state index contributed by atoms with van der Waals surface area (Å²) in [5.74, 6) is 0.660. The van der Waals surface area contributed by atoms with Gasteiger partial charge in [0.1, 0.15) is 0 Å². The summed E-state index contributed by atoms with van der Waals surface area (Å²) in [5.41, 5.74) is 2.38. The van der Waals surface area contributed by atoms with Crippen molar-refractivity contribution in [3.63, 3.8) is 0 Å². The van der Waals surface area contributed by atoms with E-state index in [9.17, 15) is 0 Å². The molecule has 0 aromatic heterocycles. The van der Waals surface area contributed by atoms with Crippen molar-refractivity contribution in [3.05, 3.63) is 34.3 Å².